The highest BCUT2D eigenvalue weighted by atomic mass is 35.5. The summed E-state index contributed by atoms with van der Waals surface area (Å²) in [6.07, 6.45) is 0.364. The van der Waals surface area contributed by atoms with Gasteiger partial charge in [-0.25, -0.2) is 17.6 Å². The molecule has 0 heterocycles. The molecular formula is C13H15ClF4N2O. The summed E-state index contributed by atoms with van der Waals surface area (Å²) in [5, 5.41) is 2.10. The van der Waals surface area contributed by atoms with E-state index in [1.54, 1.807) is 0 Å². The van der Waals surface area contributed by atoms with Gasteiger partial charge in [-0.15, -0.1) is 12.4 Å². The maximum atomic E-state index is 13.5. The van der Waals surface area contributed by atoms with Crippen LogP contribution in [0.3, 0.4) is 0 Å². The summed E-state index contributed by atoms with van der Waals surface area (Å²) < 4.78 is 52.0. The minimum absolute atomic E-state index is 0. The van der Waals surface area contributed by atoms with Crippen molar-refractivity contribution >= 4 is 18.3 Å². The Bertz CT molecular complexity index is 527. The van der Waals surface area contributed by atoms with E-state index in [9.17, 15) is 22.4 Å². The fourth-order valence-electron chi connectivity index (χ4n) is 2.05. The summed E-state index contributed by atoms with van der Waals surface area (Å²) in [7, 11) is 0. The third kappa shape index (κ3) is 4.31. The van der Waals surface area contributed by atoms with Gasteiger partial charge < -0.3 is 11.1 Å². The number of rotatable bonds is 5. The van der Waals surface area contributed by atoms with Crippen molar-refractivity contribution in [3.8, 4) is 0 Å². The van der Waals surface area contributed by atoms with E-state index in [0.717, 1.165) is 12.1 Å². The Balaban J connectivity index is 0.00000220. The van der Waals surface area contributed by atoms with Crippen LogP contribution in [-0.2, 0) is 4.79 Å². The van der Waals surface area contributed by atoms with Crippen molar-refractivity contribution < 1.29 is 22.4 Å². The van der Waals surface area contributed by atoms with Gasteiger partial charge in [0.1, 0.15) is 11.6 Å². The second-order valence-corrected chi connectivity index (χ2v) is 4.89. The molecule has 2 unspecified atom stereocenters. The molecule has 1 aliphatic rings. The van der Waals surface area contributed by atoms with E-state index in [2.05, 4.69) is 5.32 Å². The summed E-state index contributed by atoms with van der Waals surface area (Å²) in [6.45, 7) is -1.69. The first-order chi connectivity index (χ1) is 9.34. The zero-order valence-electron chi connectivity index (χ0n) is 10.9. The second kappa shape index (κ2) is 6.62. The molecule has 0 aliphatic heterocycles. The Morgan fingerprint density at radius 2 is 2.05 bits per heavy atom. The number of nitrogens with two attached hydrogens (primary N) is 1. The Morgan fingerprint density at radius 1 is 1.38 bits per heavy atom. The number of alkyl halides is 2. The van der Waals surface area contributed by atoms with Gasteiger partial charge in [0.05, 0.1) is 13.1 Å². The fourth-order valence-corrected chi connectivity index (χ4v) is 2.05. The zero-order chi connectivity index (χ0) is 14.9. The fraction of sp³-hybridized carbons (Fsp3) is 0.462. The summed E-state index contributed by atoms with van der Waals surface area (Å²) in [5.74, 6) is -6.08. The number of hydrogen-bond donors (Lipinski definition) is 2. The maximum Gasteiger partial charge on any atom is 0.277 e. The molecule has 1 fully saturated rings. The van der Waals surface area contributed by atoms with Crippen LogP contribution in [-0.4, -0.2) is 24.9 Å². The Morgan fingerprint density at radius 3 is 2.62 bits per heavy atom. The van der Waals surface area contributed by atoms with Gasteiger partial charge >= 0.3 is 0 Å². The van der Waals surface area contributed by atoms with Crippen LogP contribution in [0.4, 0.5) is 17.6 Å². The highest BCUT2D eigenvalue weighted by Gasteiger charge is 2.45. The first-order valence-electron chi connectivity index (χ1n) is 6.14. The third-order valence-electron chi connectivity index (χ3n) is 3.31. The summed E-state index contributed by atoms with van der Waals surface area (Å²) >= 11 is 0. The zero-order valence-corrected chi connectivity index (χ0v) is 11.7. The Hall–Kier alpha value is -1.34. The number of amides is 1. The second-order valence-electron chi connectivity index (χ2n) is 4.89. The molecule has 1 aromatic rings. The van der Waals surface area contributed by atoms with Crippen LogP contribution < -0.4 is 11.1 Å². The molecule has 0 aromatic heterocycles. The van der Waals surface area contributed by atoms with Gasteiger partial charge in [-0.05, 0) is 24.0 Å². The van der Waals surface area contributed by atoms with E-state index >= 15 is 0 Å². The lowest BCUT2D eigenvalue weighted by Gasteiger charge is -2.14. The molecule has 3 nitrogen and oxygen atoms in total. The predicted octanol–water partition coefficient (Wildman–Crippen LogP) is 2.20. The van der Waals surface area contributed by atoms with Crippen LogP contribution in [0.15, 0.2) is 18.2 Å². The lowest BCUT2D eigenvalue weighted by atomic mass is 10.1. The molecule has 1 aliphatic carbocycles. The van der Waals surface area contributed by atoms with E-state index in [1.165, 1.54) is 6.07 Å². The molecule has 1 amide bonds. The van der Waals surface area contributed by atoms with E-state index in [4.69, 9.17) is 5.73 Å². The molecule has 0 radical (unpaired) electrons. The van der Waals surface area contributed by atoms with E-state index in [1.807, 2.05) is 0 Å². The molecule has 1 saturated carbocycles. The lowest BCUT2D eigenvalue weighted by molar-refractivity contribution is -0.124. The van der Waals surface area contributed by atoms with Crippen LogP contribution in [0.1, 0.15) is 17.9 Å². The summed E-state index contributed by atoms with van der Waals surface area (Å²) in [5.41, 5.74) is 5.08. The van der Waals surface area contributed by atoms with Gasteiger partial charge in [0, 0.05) is 12.0 Å². The minimum atomic E-state index is -3.15. The number of hydrogen-bond acceptors (Lipinski definition) is 2. The largest absolute Gasteiger partial charge is 0.350 e. The molecule has 3 N–H and O–H groups in total. The maximum absolute atomic E-state index is 13.5. The van der Waals surface area contributed by atoms with Crippen molar-refractivity contribution in [3.05, 3.63) is 35.4 Å². The van der Waals surface area contributed by atoms with Crippen molar-refractivity contribution in [2.45, 2.75) is 18.3 Å². The Labute approximate surface area is 125 Å². The van der Waals surface area contributed by atoms with Gasteiger partial charge in [-0.3, -0.25) is 4.79 Å². The summed E-state index contributed by atoms with van der Waals surface area (Å²) in [4.78, 5) is 11.6. The molecule has 21 heavy (non-hydrogen) atoms. The number of halogens is 5. The molecule has 118 valence electrons. The van der Waals surface area contributed by atoms with Gasteiger partial charge in [0.2, 0.25) is 5.91 Å². The van der Waals surface area contributed by atoms with Crippen LogP contribution in [0.5, 0.6) is 0 Å². The van der Waals surface area contributed by atoms with E-state index < -0.39 is 42.5 Å². The van der Waals surface area contributed by atoms with Gasteiger partial charge in [-0.2, -0.15) is 0 Å². The molecule has 0 spiro atoms. The van der Waals surface area contributed by atoms with Crippen molar-refractivity contribution in [2.75, 3.05) is 13.1 Å². The molecule has 8 heteroatoms. The molecule has 1 aromatic carbocycles. The van der Waals surface area contributed by atoms with Crippen molar-refractivity contribution in [3.63, 3.8) is 0 Å². The molecule has 2 atom stereocenters. The minimum Gasteiger partial charge on any atom is -0.350 e. The number of nitrogens with one attached hydrogen (secondary N) is 1. The highest BCUT2D eigenvalue weighted by Crippen LogP contribution is 2.48. The van der Waals surface area contributed by atoms with Crippen LogP contribution in [0.2, 0.25) is 0 Å². The standard InChI is InChI=1S/C13H14F4N2O.ClH/c14-7-1-2-8(11(15)3-7)9-4-10(9)12(20)19-6-13(16,17)5-18;/h1-3,9-10H,4-6,18H2,(H,19,20);1H. The molecule has 2 rings (SSSR count). The first kappa shape index (κ1) is 17.7. The smallest absolute Gasteiger partial charge is 0.277 e. The van der Waals surface area contributed by atoms with E-state index in [0.29, 0.717) is 6.42 Å². The lowest BCUT2D eigenvalue weighted by Crippen LogP contribution is -2.42. The van der Waals surface area contributed by atoms with Gasteiger partial charge in [-0.1, -0.05) is 6.07 Å². The average Bonchev–Trinajstić information content (AvgIpc) is 3.16. The summed E-state index contributed by atoms with van der Waals surface area (Å²) in [6, 6.07) is 3.12. The predicted molar refractivity (Wildman–Crippen MR) is 71.5 cm³/mol. The quantitative estimate of drug-likeness (QED) is 0.815. The first-order valence-corrected chi connectivity index (χ1v) is 6.14. The number of benzene rings is 1. The van der Waals surface area contributed by atoms with Gasteiger partial charge in [0.15, 0.2) is 0 Å². The normalized spacial score (nSPS) is 20.6. The van der Waals surface area contributed by atoms with Crippen LogP contribution >= 0.6 is 12.4 Å². The topological polar surface area (TPSA) is 55.1 Å². The van der Waals surface area contributed by atoms with Crippen molar-refractivity contribution in [1.29, 1.82) is 0 Å². The molecule has 0 saturated heterocycles. The third-order valence-corrected chi connectivity index (χ3v) is 3.31. The number of carbonyl (C=O) groups excluding carboxylic acids is 1. The van der Waals surface area contributed by atoms with E-state index in [-0.39, 0.29) is 23.9 Å². The molecular weight excluding hydrogens is 312 g/mol. The van der Waals surface area contributed by atoms with Gasteiger partial charge in [0.25, 0.3) is 5.92 Å². The van der Waals surface area contributed by atoms with Crippen molar-refractivity contribution in [1.82, 2.24) is 5.32 Å². The highest BCUT2D eigenvalue weighted by molar-refractivity contribution is 5.85. The number of carbonyl (C=O) groups is 1. The monoisotopic (exact) mass is 326 g/mol. The SMILES string of the molecule is Cl.NCC(F)(F)CNC(=O)C1CC1c1ccc(F)cc1F. The van der Waals surface area contributed by atoms with Crippen LogP contribution in [0, 0.1) is 17.6 Å². The van der Waals surface area contributed by atoms with Crippen molar-refractivity contribution in [2.24, 2.45) is 11.7 Å². The van der Waals surface area contributed by atoms with Crippen LogP contribution in [0.25, 0.3) is 0 Å². The Kier molecular flexibility index (Phi) is 5.58. The molecule has 0 bridgehead atoms. The average molecular weight is 327 g/mol.